The minimum atomic E-state index is -3.67. The van der Waals surface area contributed by atoms with Gasteiger partial charge in [-0.3, -0.25) is 9.59 Å². The van der Waals surface area contributed by atoms with E-state index in [4.69, 9.17) is 0 Å². The molecule has 1 aromatic rings. The van der Waals surface area contributed by atoms with Crippen molar-refractivity contribution < 1.29 is 18.0 Å². The molecule has 0 saturated carbocycles. The number of sulfonamides is 1. The van der Waals surface area contributed by atoms with Gasteiger partial charge in [0.25, 0.3) is 0 Å². The normalized spacial score (nSPS) is 20.0. The van der Waals surface area contributed by atoms with E-state index in [1.807, 2.05) is 0 Å². The van der Waals surface area contributed by atoms with Crippen molar-refractivity contribution in [3.05, 3.63) is 30.3 Å². The molecule has 7 nitrogen and oxygen atoms in total. The lowest BCUT2D eigenvalue weighted by molar-refractivity contribution is -0.126. The Balaban J connectivity index is 2.06. The number of hydrogen-bond acceptors (Lipinski definition) is 4. The standard InChI is InChI=1S/C21H33N3O4S/c1-17(2)10-13-23-21(26)18-7-6-15-24(16-12-20(25)22-14-11-18)29(27,28)19-8-4-3-5-9-19/h3-5,8-9,17-18H,6-7,10-16H2,1-2H3,(H,22,25)(H,23,26). The molecule has 0 aliphatic carbocycles. The molecule has 8 heteroatoms. The van der Waals surface area contributed by atoms with Crippen LogP contribution in [0.1, 0.15) is 46.0 Å². The largest absolute Gasteiger partial charge is 0.356 e. The summed E-state index contributed by atoms with van der Waals surface area (Å²) < 4.78 is 27.3. The van der Waals surface area contributed by atoms with Crippen molar-refractivity contribution in [2.45, 2.75) is 50.8 Å². The van der Waals surface area contributed by atoms with Crippen molar-refractivity contribution in [3.63, 3.8) is 0 Å². The van der Waals surface area contributed by atoms with E-state index in [0.29, 0.717) is 44.8 Å². The third kappa shape index (κ3) is 7.44. The first-order valence-corrected chi connectivity index (χ1v) is 11.8. The van der Waals surface area contributed by atoms with Crippen LogP contribution in [0.3, 0.4) is 0 Å². The van der Waals surface area contributed by atoms with Gasteiger partial charge in [0.05, 0.1) is 4.90 Å². The molecule has 0 aromatic heterocycles. The van der Waals surface area contributed by atoms with E-state index in [0.717, 1.165) is 6.42 Å². The second-order valence-corrected chi connectivity index (χ2v) is 9.86. The van der Waals surface area contributed by atoms with Crippen molar-refractivity contribution in [1.29, 1.82) is 0 Å². The van der Waals surface area contributed by atoms with Gasteiger partial charge in [0.15, 0.2) is 0 Å². The average molecular weight is 424 g/mol. The first-order chi connectivity index (χ1) is 13.8. The minimum Gasteiger partial charge on any atom is -0.356 e. The van der Waals surface area contributed by atoms with Gasteiger partial charge in [0.2, 0.25) is 21.8 Å². The molecule has 162 valence electrons. The Hall–Kier alpha value is -1.93. The summed E-state index contributed by atoms with van der Waals surface area (Å²) in [5.41, 5.74) is 0. The van der Waals surface area contributed by atoms with Gasteiger partial charge < -0.3 is 10.6 Å². The lowest BCUT2D eigenvalue weighted by Gasteiger charge is -2.22. The number of nitrogens with zero attached hydrogens (tertiary/aromatic N) is 1. The summed E-state index contributed by atoms with van der Waals surface area (Å²) in [6, 6.07) is 8.26. The highest BCUT2D eigenvalue weighted by atomic mass is 32.2. The van der Waals surface area contributed by atoms with Crippen LogP contribution in [0.15, 0.2) is 35.2 Å². The molecule has 2 rings (SSSR count). The molecule has 1 heterocycles. The predicted octanol–water partition coefficient (Wildman–Crippen LogP) is 2.15. The number of nitrogens with one attached hydrogen (secondary N) is 2. The highest BCUT2D eigenvalue weighted by Gasteiger charge is 2.26. The van der Waals surface area contributed by atoms with Gasteiger partial charge in [0.1, 0.15) is 0 Å². The fraction of sp³-hybridized carbons (Fsp3) is 0.619. The summed E-state index contributed by atoms with van der Waals surface area (Å²) in [6.07, 6.45) is 2.74. The van der Waals surface area contributed by atoms with E-state index < -0.39 is 10.0 Å². The van der Waals surface area contributed by atoms with Crippen molar-refractivity contribution in [3.8, 4) is 0 Å². The Morgan fingerprint density at radius 1 is 1.21 bits per heavy atom. The Labute approximate surface area is 174 Å². The van der Waals surface area contributed by atoms with Crippen LogP contribution in [0.2, 0.25) is 0 Å². The zero-order chi connectivity index (χ0) is 21.3. The van der Waals surface area contributed by atoms with Crippen molar-refractivity contribution >= 4 is 21.8 Å². The van der Waals surface area contributed by atoms with Crippen LogP contribution in [-0.4, -0.2) is 50.7 Å². The smallest absolute Gasteiger partial charge is 0.243 e. The molecule has 29 heavy (non-hydrogen) atoms. The summed E-state index contributed by atoms with van der Waals surface area (Å²) in [5, 5.41) is 5.79. The molecular weight excluding hydrogens is 390 g/mol. The van der Waals surface area contributed by atoms with E-state index in [9.17, 15) is 18.0 Å². The monoisotopic (exact) mass is 423 g/mol. The third-order valence-corrected chi connectivity index (χ3v) is 7.05. The SMILES string of the molecule is CC(C)CCNC(=O)C1CCCN(S(=O)(=O)c2ccccc2)CCC(=O)NCC1. The van der Waals surface area contributed by atoms with Gasteiger partial charge in [-0.2, -0.15) is 4.31 Å². The van der Waals surface area contributed by atoms with Crippen LogP contribution in [0.5, 0.6) is 0 Å². The third-order valence-electron chi connectivity index (χ3n) is 5.14. The number of benzene rings is 1. The zero-order valence-electron chi connectivity index (χ0n) is 17.4. The van der Waals surface area contributed by atoms with Crippen LogP contribution >= 0.6 is 0 Å². The summed E-state index contributed by atoms with van der Waals surface area (Å²) in [5.74, 6) is 0.0662. The molecule has 0 bridgehead atoms. The molecule has 1 aliphatic heterocycles. The Morgan fingerprint density at radius 3 is 2.62 bits per heavy atom. The van der Waals surface area contributed by atoms with Gasteiger partial charge in [0, 0.05) is 38.5 Å². The number of amides is 2. The number of rotatable bonds is 6. The van der Waals surface area contributed by atoms with Crippen molar-refractivity contribution in [1.82, 2.24) is 14.9 Å². The molecular formula is C21H33N3O4S. The molecule has 0 spiro atoms. The molecule has 1 fully saturated rings. The van der Waals surface area contributed by atoms with Crippen LogP contribution in [0, 0.1) is 11.8 Å². The minimum absolute atomic E-state index is 0.0170. The molecule has 1 unspecified atom stereocenters. The quantitative estimate of drug-likeness (QED) is 0.733. The Bertz CT molecular complexity index is 765. The zero-order valence-corrected chi connectivity index (χ0v) is 18.2. The molecule has 1 saturated heterocycles. The summed E-state index contributed by atoms with van der Waals surface area (Å²) in [4.78, 5) is 24.9. The Kier molecular flexibility index (Phi) is 9.10. The number of hydrogen-bond donors (Lipinski definition) is 2. The summed E-state index contributed by atoms with van der Waals surface area (Å²) in [7, 11) is -3.67. The van der Waals surface area contributed by atoms with Crippen LogP contribution in [0.25, 0.3) is 0 Å². The second-order valence-electron chi connectivity index (χ2n) is 7.92. The van der Waals surface area contributed by atoms with E-state index in [2.05, 4.69) is 24.5 Å². The molecule has 1 aromatic carbocycles. The molecule has 1 atom stereocenters. The highest BCUT2D eigenvalue weighted by Crippen LogP contribution is 2.19. The fourth-order valence-electron chi connectivity index (χ4n) is 3.34. The first kappa shape index (κ1) is 23.3. The lowest BCUT2D eigenvalue weighted by atomic mass is 9.98. The number of carbonyl (C=O) groups excluding carboxylic acids is 2. The topological polar surface area (TPSA) is 95.6 Å². The molecule has 1 aliphatic rings. The fourth-order valence-corrected chi connectivity index (χ4v) is 4.84. The van der Waals surface area contributed by atoms with Gasteiger partial charge in [-0.05, 0) is 43.7 Å². The van der Waals surface area contributed by atoms with Crippen molar-refractivity contribution in [2.24, 2.45) is 11.8 Å². The van der Waals surface area contributed by atoms with E-state index in [-0.39, 0.29) is 35.6 Å². The molecule has 2 N–H and O–H groups in total. The summed E-state index contributed by atoms with van der Waals surface area (Å²) >= 11 is 0. The lowest BCUT2D eigenvalue weighted by Crippen LogP contribution is -2.35. The van der Waals surface area contributed by atoms with Gasteiger partial charge in [-0.15, -0.1) is 0 Å². The van der Waals surface area contributed by atoms with E-state index in [1.165, 1.54) is 4.31 Å². The van der Waals surface area contributed by atoms with E-state index in [1.54, 1.807) is 30.3 Å². The van der Waals surface area contributed by atoms with Gasteiger partial charge >= 0.3 is 0 Å². The maximum Gasteiger partial charge on any atom is 0.243 e. The highest BCUT2D eigenvalue weighted by molar-refractivity contribution is 7.89. The predicted molar refractivity (Wildman–Crippen MR) is 113 cm³/mol. The van der Waals surface area contributed by atoms with Crippen LogP contribution in [0.4, 0.5) is 0 Å². The van der Waals surface area contributed by atoms with Crippen molar-refractivity contribution in [2.75, 3.05) is 26.2 Å². The first-order valence-electron chi connectivity index (χ1n) is 10.4. The Morgan fingerprint density at radius 2 is 1.93 bits per heavy atom. The molecule has 2 amide bonds. The summed E-state index contributed by atoms with van der Waals surface area (Å²) in [6.45, 7) is 5.70. The van der Waals surface area contributed by atoms with Crippen LogP contribution in [-0.2, 0) is 19.6 Å². The second kappa shape index (κ2) is 11.3. The average Bonchev–Trinajstić information content (AvgIpc) is 2.73. The van der Waals surface area contributed by atoms with Gasteiger partial charge in [-0.1, -0.05) is 32.0 Å². The van der Waals surface area contributed by atoms with Gasteiger partial charge in [-0.25, -0.2) is 8.42 Å². The molecule has 0 radical (unpaired) electrons. The van der Waals surface area contributed by atoms with E-state index >= 15 is 0 Å². The maximum absolute atomic E-state index is 13.0. The number of carbonyl (C=O) groups is 2. The maximum atomic E-state index is 13.0. The van der Waals surface area contributed by atoms with Crippen LogP contribution < -0.4 is 10.6 Å².